The van der Waals surface area contributed by atoms with Crippen molar-refractivity contribution in [2.75, 3.05) is 0 Å². The van der Waals surface area contributed by atoms with E-state index in [4.69, 9.17) is 16.7 Å². The van der Waals surface area contributed by atoms with Gasteiger partial charge < -0.3 is 5.11 Å². The molecule has 0 atom stereocenters. The first-order valence-corrected chi connectivity index (χ1v) is 8.03. The van der Waals surface area contributed by atoms with Gasteiger partial charge in [0.05, 0.1) is 10.6 Å². The van der Waals surface area contributed by atoms with Crippen LogP contribution in [0.2, 0.25) is 5.02 Å². The summed E-state index contributed by atoms with van der Waals surface area (Å²) >= 11 is 6.66. The van der Waals surface area contributed by atoms with Crippen LogP contribution in [0, 0.1) is 0 Å². The third-order valence-electron chi connectivity index (χ3n) is 2.38. The summed E-state index contributed by atoms with van der Waals surface area (Å²) in [6, 6.07) is 8.80. The predicted octanol–water partition coefficient (Wildman–Crippen LogP) is 3.07. The average molecular weight is 317 g/mol. The van der Waals surface area contributed by atoms with Crippen molar-refractivity contribution >= 4 is 38.7 Å². The lowest BCUT2D eigenvalue weighted by molar-refractivity contribution is 0.0702. The molecule has 4 nitrogen and oxygen atoms in total. The first kappa shape index (κ1) is 14.0. The van der Waals surface area contributed by atoms with Crippen molar-refractivity contribution in [1.82, 2.24) is 0 Å². The second-order valence-corrected chi connectivity index (χ2v) is 7.38. The van der Waals surface area contributed by atoms with Crippen molar-refractivity contribution in [2.45, 2.75) is 10.6 Å². The third kappa shape index (κ3) is 3.34. The normalized spacial score (nSPS) is 11.4. The van der Waals surface area contributed by atoms with Crippen molar-refractivity contribution < 1.29 is 18.3 Å². The van der Waals surface area contributed by atoms with Crippen molar-refractivity contribution in [3.8, 4) is 0 Å². The number of rotatable bonds is 4. The number of aromatic carboxylic acids is 1. The van der Waals surface area contributed by atoms with Crippen LogP contribution in [0.3, 0.4) is 0 Å². The number of carboxylic acid groups (broad SMARTS) is 1. The van der Waals surface area contributed by atoms with Crippen LogP contribution in [0.15, 0.2) is 41.3 Å². The van der Waals surface area contributed by atoms with Crippen LogP contribution in [0.25, 0.3) is 0 Å². The second kappa shape index (κ2) is 5.32. The van der Waals surface area contributed by atoms with E-state index >= 15 is 0 Å². The van der Waals surface area contributed by atoms with E-state index in [-0.39, 0.29) is 15.5 Å². The van der Waals surface area contributed by atoms with Gasteiger partial charge in [-0.25, -0.2) is 13.2 Å². The Morgan fingerprint density at radius 1 is 1.16 bits per heavy atom. The molecule has 100 valence electrons. The highest BCUT2D eigenvalue weighted by Crippen LogP contribution is 2.23. The summed E-state index contributed by atoms with van der Waals surface area (Å²) in [4.78, 5) is 11.5. The molecule has 0 aliphatic rings. The summed E-state index contributed by atoms with van der Waals surface area (Å²) in [5.74, 6) is -1.27. The van der Waals surface area contributed by atoms with Crippen molar-refractivity contribution in [2.24, 2.45) is 0 Å². The first-order chi connectivity index (χ1) is 8.88. The molecule has 0 fully saturated rings. The lowest BCUT2D eigenvalue weighted by atomic mass is 10.4. The fraction of sp³-hybridized carbons (Fsp3) is 0.0833. The highest BCUT2D eigenvalue weighted by atomic mass is 35.5. The molecular formula is C12H9ClO4S2. The van der Waals surface area contributed by atoms with Gasteiger partial charge in [-0.05, 0) is 36.4 Å². The standard InChI is InChI=1S/C12H9ClO4S2/c13-8-1-4-10(5-2-8)19(16,17)7-9-3-6-11(18-9)12(14)15/h1-6H,7H2,(H,14,15). The molecule has 0 saturated carbocycles. The lowest BCUT2D eigenvalue weighted by Crippen LogP contribution is -2.03. The number of hydrogen-bond acceptors (Lipinski definition) is 4. The summed E-state index contributed by atoms with van der Waals surface area (Å²) < 4.78 is 24.2. The number of thiophene rings is 1. The summed E-state index contributed by atoms with van der Waals surface area (Å²) in [6.07, 6.45) is 0. The van der Waals surface area contributed by atoms with E-state index < -0.39 is 15.8 Å². The highest BCUT2D eigenvalue weighted by molar-refractivity contribution is 7.90. The minimum atomic E-state index is -3.48. The zero-order valence-corrected chi connectivity index (χ0v) is 11.9. The van der Waals surface area contributed by atoms with Gasteiger partial charge in [-0.1, -0.05) is 11.6 Å². The predicted molar refractivity (Wildman–Crippen MR) is 73.6 cm³/mol. The monoisotopic (exact) mass is 316 g/mol. The number of benzene rings is 1. The van der Waals surface area contributed by atoms with E-state index in [0.717, 1.165) is 11.3 Å². The van der Waals surface area contributed by atoms with Gasteiger partial charge in [0.1, 0.15) is 4.88 Å². The Labute approximate surface area is 119 Å². The maximum absolute atomic E-state index is 12.1. The van der Waals surface area contributed by atoms with Gasteiger partial charge in [-0.2, -0.15) is 0 Å². The summed E-state index contributed by atoms with van der Waals surface area (Å²) in [5.41, 5.74) is 0. The Bertz CT molecular complexity index is 702. The molecule has 0 amide bonds. The van der Waals surface area contributed by atoms with Gasteiger partial charge in [0.25, 0.3) is 0 Å². The Morgan fingerprint density at radius 2 is 1.79 bits per heavy atom. The highest BCUT2D eigenvalue weighted by Gasteiger charge is 2.17. The maximum Gasteiger partial charge on any atom is 0.345 e. The van der Waals surface area contributed by atoms with Crippen LogP contribution in [0.5, 0.6) is 0 Å². The van der Waals surface area contributed by atoms with Crippen LogP contribution in [0.1, 0.15) is 14.5 Å². The molecule has 19 heavy (non-hydrogen) atoms. The number of carbonyl (C=O) groups is 1. The maximum atomic E-state index is 12.1. The Kier molecular flexibility index (Phi) is 3.93. The molecule has 0 saturated heterocycles. The van der Waals surface area contributed by atoms with E-state index in [9.17, 15) is 13.2 Å². The van der Waals surface area contributed by atoms with Gasteiger partial charge in [-0.15, -0.1) is 11.3 Å². The molecular weight excluding hydrogens is 308 g/mol. The molecule has 0 unspecified atom stereocenters. The van der Waals surface area contributed by atoms with E-state index in [1.165, 1.54) is 36.4 Å². The minimum Gasteiger partial charge on any atom is -0.477 e. The minimum absolute atomic E-state index is 0.126. The molecule has 1 N–H and O–H groups in total. The second-order valence-electron chi connectivity index (χ2n) is 3.78. The van der Waals surface area contributed by atoms with E-state index in [1.54, 1.807) is 0 Å². The number of hydrogen-bond donors (Lipinski definition) is 1. The van der Waals surface area contributed by atoms with Crippen LogP contribution in [-0.2, 0) is 15.6 Å². The summed E-state index contributed by atoms with van der Waals surface area (Å²) in [6.45, 7) is 0. The molecule has 1 aromatic heterocycles. The topological polar surface area (TPSA) is 71.4 Å². The van der Waals surface area contributed by atoms with Crippen LogP contribution < -0.4 is 0 Å². The molecule has 1 aromatic carbocycles. The molecule has 0 aliphatic heterocycles. The lowest BCUT2D eigenvalue weighted by Gasteiger charge is -2.02. The number of carboxylic acids is 1. The number of sulfone groups is 1. The fourth-order valence-corrected chi connectivity index (χ4v) is 4.14. The largest absolute Gasteiger partial charge is 0.477 e. The molecule has 0 spiro atoms. The fourth-order valence-electron chi connectivity index (χ4n) is 1.48. The summed E-state index contributed by atoms with van der Waals surface area (Å²) in [7, 11) is -3.48. The molecule has 0 bridgehead atoms. The van der Waals surface area contributed by atoms with Gasteiger partial charge in [-0.3, -0.25) is 0 Å². The van der Waals surface area contributed by atoms with Gasteiger partial charge >= 0.3 is 5.97 Å². The SMILES string of the molecule is O=C(O)c1ccc(CS(=O)(=O)c2ccc(Cl)cc2)s1. The zero-order chi connectivity index (χ0) is 14.0. The Morgan fingerprint density at radius 3 is 2.32 bits per heavy atom. The van der Waals surface area contributed by atoms with E-state index in [0.29, 0.717) is 9.90 Å². The van der Waals surface area contributed by atoms with Crippen LogP contribution in [-0.4, -0.2) is 19.5 Å². The van der Waals surface area contributed by atoms with Crippen molar-refractivity contribution in [3.05, 3.63) is 51.2 Å². The Hall–Kier alpha value is -1.37. The Balaban J connectivity index is 2.25. The third-order valence-corrected chi connectivity index (χ3v) is 5.57. The first-order valence-electron chi connectivity index (χ1n) is 5.19. The van der Waals surface area contributed by atoms with Gasteiger partial charge in [0, 0.05) is 9.90 Å². The van der Waals surface area contributed by atoms with Gasteiger partial charge in [0.15, 0.2) is 9.84 Å². The molecule has 7 heteroatoms. The molecule has 2 rings (SSSR count). The average Bonchev–Trinajstić information content (AvgIpc) is 2.77. The van der Waals surface area contributed by atoms with Crippen molar-refractivity contribution in [1.29, 1.82) is 0 Å². The zero-order valence-electron chi connectivity index (χ0n) is 9.54. The van der Waals surface area contributed by atoms with Crippen LogP contribution >= 0.6 is 22.9 Å². The number of halogens is 1. The molecule has 0 radical (unpaired) electrons. The van der Waals surface area contributed by atoms with Gasteiger partial charge in [0.2, 0.25) is 0 Å². The summed E-state index contributed by atoms with van der Waals surface area (Å²) in [5, 5.41) is 9.25. The van der Waals surface area contributed by atoms with Crippen LogP contribution in [0.4, 0.5) is 0 Å². The quantitative estimate of drug-likeness (QED) is 0.941. The molecule has 2 aromatic rings. The smallest absolute Gasteiger partial charge is 0.345 e. The van der Waals surface area contributed by atoms with E-state index in [2.05, 4.69) is 0 Å². The molecule has 1 heterocycles. The van der Waals surface area contributed by atoms with Crippen molar-refractivity contribution in [3.63, 3.8) is 0 Å². The molecule has 0 aliphatic carbocycles. The van der Waals surface area contributed by atoms with E-state index in [1.807, 2.05) is 0 Å².